The van der Waals surface area contributed by atoms with Gasteiger partial charge in [-0.3, -0.25) is 14.5 Å². The van der Waals surface area contributed by atoms with Crippen LogP contribution >= 0.6 is 0 Å². The number of rotatable bonds is 3. The molecule has 0 atom stereocenters. The number of sulfone groups is 1. The minimum atomic E-state index is -3.15. The first-order chi connectivity index (χ1) is 14.3. The Morgan fingerprint density at radius 2 is 1.57 bits per heavy atom. The second-order valence-electron chi connectivity index (χ2n) is 8.46. The lowest BCUT2D eigenvalue weighted by Crippen LogP contribution is -2.52. The van der Waals surface area contributed by atoms with Crippen LogP contribution in [-0.4, -0.2) is 66.2 Å². The van der Waals surface area contributed by atoms with Crippen LogP contribution in [0.1, 0.15) is 54.4 Å². The van der Waals surface area contributed by atoms with E-state index < -0.39 is 21.4 Å². The van der Waals surface area contributed by atoms with E-state index in [1.54, 1.807) is 24.3 Å². The van der Waals surface area contributed by atoms with Crippen LogP contribution in [-0.2, 0) is 21.2 Å². The maximum atomic E-state index is 12.9. The van der Waals surface area contributed by atoms with Crippen LogP contribution in [0, 0.1) is 0 Å². The molecule has 3 heterocycles. The molecular formula is C21H27N3O5S. The van der Waals surface area contributed by atoms with Crippen molar-refractivity contribution in [2.45, 2.75) is 50.6 Å². The third-order valence-electron chi connectivity index (χ3n) is 6.36. The zero-order valence-corrected chi connectivity index (χ0v) is 17.7. The van der Waals surface area contributed by atoms with Gasteiger partial charge in [0.05, 0.1) is 18.1 Å². The summed E-state index contributed by atoms with van der Waals surface area (Å²) in [5, 5.41) is 2.72. The number of carbonyl (C=O) groups excluding carboxylic acids is 3. The molecule has 4 amide bonds. The molecule has 9 heteroatoms. The quantitative estimate of drug-likeness (QED) is 0.731. The molecular weight excluding hydrogens is 406 g/mol. The van der Waals surface area contributed by atoms with Crippen LogP contribution in [0.4, 0.5) is 4.79 Å². The molecule has 0 radical (unpaired) electrons. The number of carbonyl (C=O) groups is 3. The van der Waals surface area contributed by atoms with Crippen molar-refractivity contribution in [3.63, 3.8) is 0 Å². The summed E-state index contributed by atoms with van der Waals surface area (Å²) in [7, 11) is -3.15. The van der Waals surface area contributed by atoms with E-state index in [0.29, 0.717) is 5.56 Å². The molecule has 0 aliphatic carbocycles. The Labute approximate surface area is 176 Å². The van der Waals surface area contributed by atoms with Crippen LogP contribution < -0.4 is 5.32 Å². The standard InChI is InChI=1S/C21H27N3O5S/c25-18(23-11-3-1-2-4-12-23)17-7-5-16(6-8-17)15-24-19(26)21(22-20(24)27)9-13-30(28,29)14-10-21/h5-8H,1-4,9-15H2,(H,22,27). The monoisotopic (exact) mass is 433 g/mol. The van der Waals surface area contributed by atoms with Crippen molar-refractivity contribution >= 4 is 27.7 Å². The van der Waals surface area contributed by atoms with Crippen LogP contribution in [0.15, 0.2) is 24.3 Å². The number of benzene rings is 1. The SMILES string of the molecule is O=C(c1ccc(CN2C(=O)NC3(CCS(=O)(=O)CC3)C2=O)cc1)N1CCCCCC1. The highest BCUT2D eigenvalue weighted by Gasteiger charge is 2.53. The fourth-order valence-electron chi connectivity index (χ4n) is 4.44. The summed E-state index contributed by atoms with van der Waals surface area (Å²) in [5.74, 6) is -0.548. The number of hydrogen-bond acceptors (Lipinski definition) is 5. The maximum absolute atomic E-state index is 12.9. The first-order valence-corrected chi connectivity index (χ1v) is 12.3. The number of hydrogen-bond donors (Lipinski definition) is 1. The third-order valence-corrected chi connectivity index (χ3v) is 8.01. The average Bonchev–Trinajstić information content (AvgIpc) is 2.92. The van der Waals surface area contributed by atoms with E-state index in [0.717, 1.165) is 49.2 Å². The summed E-state index contributed by atoms with van der Waals surface area (Å²) in [5.41, 5.74) is 0.239. The molecule has 3 fully saturated rings. The number of amides is 4. The first kappa shape index (κ1) is 20.8. The summed E-state index contributed by atoms with van der Waals surface area (Å²) < 4.78 is 23.4. The average molecular weight is 434 g/mol. The summed E-state index contributed by atoms with van der Waals surface area (Å²) >= 11 is 0. The first-order valence-electron chi connectivity index (χ1n) is 10.5. The zero-order valence-electron chi connectivity index (χ0n) is 16.9. The molecule has 3 aliphatic heterocycles. The van der Waals surface area contributed by atoms with Gasteiger partial charge in [-0.2, -0.15) is 0 Å². The van der Waals surface area contributed by atoms with Gasteiger partial charge in [0.2, 0.25) is 0 Å². The molecule has 1 aromatic rings. The fraction of sp³-hybridized carbons (Fsp3) is 0.571. The molecule has 1 aromatic carbocycles. The topological polar surface area (TPSA) is 104 Å². The predicted octanol–water partition coefficient (Wildman–Crippen LogP) is 1.70. The van der Waals surface area contributed by atoms with Gasteiger partial charge in [-0.15, -0.1) is 0 Å². The Morgan fingerprint density at radius 3 is 2.17 bits per heavy atom. The largest absolute Gasteiger partial charge is 0.339 e. The van der Waals surface area contributed by atoms with Gasteiger partial charge < -0.3 is 10.2 Å². The maximum Gasteiger partial charge on any atom is 0.325 e. The molecule has 1 N–H and O–H groups in total. The van der Waals surface area contributed by atoms with Gasteiger partial charge in [0.15, 0.2) is 9.84 Å². The van der Waals surface area contributed by atoms with E-state index in [1.165, 1.54) is 0 Å². The molecule has 4 rings (SSSR count). The molecule has 1 spiro atoms. The van der Waals surface area contributed by atoms with Gasteiger partial charge in [0.25, 0.3) is 11.8 Å². The van der Waals surface area contributed by atoms with Crippen LogP contribution in [0.3, 0.4) is 0 Å². The Hall–Kier alpha value is -2.42. The highest BCUT2D eigenvalue weighted by molar-refractivity contribution is 7.91. The zero-order chi connectivity index (χ0) is 21.4. The minimum Gasteiger partial charge on any atom is -0.339 e. The third kappa shape index (κ3) is 4.08. The number of nitrogens with one attached hydrogen (secondary N) is 1. The molecule has 0 saturated carbocycles. The minimum absolute atomic E-state index is 0.0146. The number of nitrogens with zero attached hydrogens (tertiary/aromatic N) is 2. The van der Waals surface area contributed by atoms with E-state index in [1.807, 2.05) is 4.90 Å². The number of likely N-dealkylation sites (tertiary alicyclic amines) is 1. The van der Waals surface area contributed by atoms with E-state index in [4.69, 9.17) is 0 Å². The van der Waals surface area contributed by atoms with Gasteiger partial charge in [-0.1, -0.05) is 25.0 Å². The van der Waals surface area contributed by atoms with Gasteiger partial charge >= 0.3 is 6.03 Å². The van der Waals surface area contributed by atoms with Gasteiger partial charge in [0.1, 0.15) is 5.54 Å². The predicted molar refractivity (Wildman–Crippen MR) is 111 cm³/mol. The smallest absolute Gasteiger partial charge is 0.325 e. The summed E-state index contributed by atoms with van der Waals surface area (Å²) in [6.07, 6.45) is 4.58. The van der Waals surface area contributed by atoms with Gasteiger partial charge in [-0.05, 0) is 43.4 Å². The molecule has 0 bridgehead atoms. The van der Waals surface area contributed by atoms with Gasteiger partial charge in [0, 0.05) is 18.7 Å². The highest BCUT2D eigenvalue weighted by Crippen LogP contribution is 2.31. The Bertz CT molecular complexity index is 935. The number of urea groups is 1. The molecule has 3 aliphatic rings. The molecule has 0 unspecified atom stereocenters. The van der Waals surface area contributed by atoms with Crippen molar-refractivity contribution in [2.24, 2.45) is 0 Å². The molecule has 162 valence electrons. The van der Waals surface area contributed by atoms with Crippen molar-refractivity contribution in [3.8, 4) is 0 Å². The van der Waals surface area contributed by atoms with E-state index >= 15 is 0 Å². The van der Waals surface area contributed by atoms with E-state index in [-0.39, 0.29) is 42.7 Å². The Balaban J connectivity index is 1.42. The summed E-state index contributed by atoms with van der Waals surface area (Å²) in [6.45, 7) is 1.65. The van der Waals surface area contributed by atoms with Gasteiger partial charge in [-0.25, -0.2) is 13.2 Å². The van der Waals surface area contributed by atoms with Crippen LogP contribution in [0.2, 0.25) is 0 Å². The van der Waals surface area contributed by atoms with Crippen LogP contribution in [0.25, 0.3) is 0 Å². The molecule has 30 heavy (non-hydrogen) atoms. The van der Waals surface area contributed by atoms with Crippen molar-refractivity contribution in [2.75, 3.05) is 24.6 Å². The summed E-state index contributed by atoms with van der Waals surface area (Å²) in [6, 6.07) is 6.52. The lowest BCUT2D eigenvalue weighted by Gasteiger charge is -2.30. The highest BCUT2D eigenvalue weighted by atomic mass is 32.2. The second-order valence-corrected chi connectivity index (χ2v) is 10.8. The lowest BCUT2D eigenvalue weighted by atomic mass is 9.92. The van der Waals surface area contributed by atoms with Crippen molar-refractivity contribution in [3.05, 3.63) is 35.4 Å². The molecule has 8 nitrogen and oxygen atoms in total. The fourth-order valence-corrected chi connectivity index (χ4v) is 5.96. The van der Waals surface area contributed by atoms with Crippen LogP contribution in [0.5, 0.6) is 0 Å². The Morgan fingerprint density at radius 1 is 0.967 bits per heavy atom. The number of imide groups is 1. The normalized spacial score (nSPS) is 23.3. The van der Waals surface area contributed by atoms with Crippen molar-refractivity contribution < 1.29 is 22.8 Å². The van der Waals surface area contributed by atoms with E-state index in [2.05, 4.69) is 5.32 Å². The second kappa shape index (κ2) is 8.02. The van der Waals surface area contributed by atoms with Crippen molar-refractivity contribution in [1.82, 2.24) is 15.1 Å². The van der Waals surface area contributed by atoms with Crippen molar-refractivity contribution in [1.29, 1.82) is 0 Å². The summed E-state index contributed by atoms with van der Waals surface area (Å²) in [4.78, 5) is 41.1. The molecule has 3 saturated heterocycles. The van der Waals surface area contributed by atoms with E-state index in [9.17, 15) is 22.8 Å². The molecule has 0 aromatic heterocycles. The Kier molecular flexibility index (Phi) is 5.57. The lowest BCUT2D eigenvalue weighted by molar-refractivity contribution is -0.132.